The summed E-state index contributed by atoms with van der Waals surface area (Å²) in [6.07, 6.45) is 4.46. The monoisotopic (exact) mass is 382 g/mol. The fourth-order valence-corrected chi connectivity index (χ4v) is 5.13. The van der Waals surface area contributed by atoms with Crippen molar-refractivity contribution in [2.75, 3.05) is 19.6 Å². The van der Waals surface area contributed by atoms with Crippen molar-refractivity contribution in [3.8, 4) is 0 Å². The molecule has 28 heavy (non-hydrogen) atoms. The van der Waals surface area contributed by atoms with Gasteiger partial charge in [0.1, 0.15) is 6.04 Å². The van der Waals surface area contributed by atoms with Crippen LogP contribution in [0, 0.1) is 0 Å². The van der Waals surface area contributed by atoms with Crippen LogP contribution in [0.15, 0.2) is 18.2 Å². The molecule has 1 unspecified atom stereocenters. The Labute approximate surface area is 164 Å². The molecule has 148 valence electrons. The Morgan fingerprint density at radius 3 is 2.75 bits per heavy atom. The van der Waals surface area contributed by atoms with Gasteiger partial charge in [0.15, 0.2) is 0 Å². The van der Waals surface area contributed by atoms with E-state index in [1.165, 1.54) is 19.3 Å². The molecule has 7 nitrogen and oxygen atoms in total. The number of piperidine rings is 2. The number of hydrogen-bond acceptors (Lipinski definition) is 5. The topological polar surface area (TPSA) is 81.8 Å². The minimum atomic E-state index is -0.549. The lowest BCUT2D eigenvalue weighted by atomic mass is 9.81. The van der Waals surface area contributed by atoms with Gasteiger partial charge in [-0.05, 0) is 43.0 Å². The molecule has 1 aromatic carbocycles. The number of likely N-dealkylation sites (tertiary alicyclic amines) is 1. The SMILES string of the molecule is O=C1CCC(N2Cc3ccc(CN4CCCCC45CNC5)cc3C2=O)C(=O)N1. The second-order valence-corrected chi connectivity index (χ2v) is 8.60. The molecule has 3 amide bonds. The number of imide groups is 1. The van der Waals surface area contributed by atoms with E-state index in [4.69, 9.17) is 0 Å². The predicted octanol–water partition coefficient (Wildman–Crippen LogP) is 0.776. The van der Waals surface area contributed by atoms with Gasteiger partial charge in [-0.2, -0.15) is 0 Å². The van der Waals surface area contributed by atoms with E-state index in [0.717, 1.165) is 37.3 Å². The Morgan fingerprint density at radius 1 is 1.14 bits per heavy atom. The zero-order valence-electron chi connectivity index (χ0n) is 16.0. The van der Waals surface area contributed by atoms with Gasteiger partial charge < -0.3 is 10.2 Å². The highest BCUT2D eigenvalue weighted by molar-refractivity contribution is 6.05. The van der Waals surface area contributed by atoms with Crippen LogP contribution in [-0.2, 0) is 22.7 Å². The van der Waals surface area contributed by atoms with E-state index in [0.29, 0.717) is 24.1 Å². The summed E-state index contributed by atoms with van der Waals surface area (Å²) in [6, 6.07) is 5.61. The molecule has 1 spiro atoms. The molecule has 4 aliphatic rings. The number of hydrogen-bond donors (Lipinski definition) is 2. The molecule has 3 fully saturated rings. The number of fused-ring (bicyclic) bond motifs is 1. The third kappa shape index (κ3) is 2.84. The molecule has 4 heterocycles. The van der Waals surface area contributed by atoms with E-state index < -0.39 is 6.04 Å². The van der Waals surface area contributed by atoms with Gasteiger partial charge in [-0.1, -0.05) is 18.6 Å². The van der Waals surface area contributed by atoms with E-state index in [1.54, 1.807) is 4.90 Å². The largest absolute Gasteiger partial charge is 0.322 e. The number of carbonyl (C=O) groups is 3. The first-order valence-corrected chi connectivity index (χ1v) is 10.3. The summed E-state index contributed by atoms with van der Waals surface area (Å²) in [5.74, 6) is -0.705. The summed E-state index contributed by atoms with van der Waals surface area (Å²) in [4.78, 5) is 40.8. The number of carbonyl (C=O) groups excluding carboxylic acids is 3. The first-order chi connectivity index (χ1) is 13.6. The maximum absolute atomic E-state index is 13.0. The Kier molecular flexibility index (Phi) is 4.25. The smallest absolute Gasteiger partial charge is 0.255 e. The Morgan fingerprint density at radius 2 is 2.00 bits per heavy atom. The summed E-state index contributed by atoms with van der Waals surface area (Å²) in [6.45, 7) is 4.52. The summed E-state index contributed by atoms with van der Waals surface area (Å²) < 4.78 is 0. The van der Waals surface area contributed by atoms with Crippen LogP contribution >= 0.6 is 0 Å². The second-order valence-electron chi connectivity index (χ2n) is 8.60. The van der Waals surface area contributed by atoms with Crippen molar-refractivity contribution < 1.29 is 14.4 Å². The summed E-state index contributed by atoms with van der Waals surface area (Å²) >= 11 is 0. The molecule has 4 aliphatic heterocycles. The highest BCUT2D eigenvalue weighted by atomic mass is 16.2. The second kappa shape index (κ2) is 6.67. The standard InChI is InChI=1S/C21H26N4O3/c26-18-6-5-17(19(27)23-18)25-11-15-4-3-14(9-16(15)20(25)28)10-24-8-2-1-7-21(24)12-22-13-21/h3-4,9,17,22H,1-2,5-8,10-13H2,(H,23,26,27). The highest BCUT2D eigenvalue weighted by Gasteiger charge is 2.44. The maximum atomic E-state index is 13.0. The van der Waals surface area contributed by atoms with Gasteiger partial charge in [0.2, 0.25) is 11.8 Å². The first-order valence-electron chi connectivity index (χ1n) is 10.3. The van der Waals surface area contributed by atoms with Crippen LogP contribution in [0.25, 0.3) is 0 Å². The van der Waals surface area contributed by atoms with Crippen molar-refractivity contribution in [3.63, 3.8) is 0 Å². The number of nitrogens with one attached hydrogen (secondary N) is 2. The lowest BCUT2D eigenvalue weighted by Crippen LogP contribution is -2.69. The summed E-state index contributed by atoms with van der Waals surface area (Å²) in [5, 5.41) is 5.78. The Bertz CT molecular complexity index is 848. The maximum Gasteiger partial charge on any atom is 0.255 e. The zero-order chi connectivity index (χ0) is 19.3. The van der Waals surface area contributed by atoms with E-state index in [2.05, 4.69) is 21.6 Å². The molecular weight excluding hydrogens is 356 g/mol. The number of nitrogens with zero attached hydrogens (tertiary/aromatic N) is 2. The lowest BCUT2D eigenvalue weighted by Gasteiger charge is -2.53. The van der Waals surface area contributed by atoms with E-state index in [1.807, 2.05) is 12.1 Å². The minimum absolute atomic E-state index is 0.0926. The molecular formula is C21H26N4O3. The number of benzene rings is 1. The Hall–Kier alpha value is -2.25. The average molecular weight is 382 g/mol. The molecule has 0 saturated carbocycles. The molecule has 1 aromatic rings. The zero-order valence-corrected chi connectivity index (χ0v) is 16.0. The van der Waals surface area contributed by atoms with Gasteiger partial charge >= 0.3 is 0 Å². The molecule has 1 atom stereocenters. The van der Waals surface area contributed by atoms with Crippen LogP contribution in [0.2, 0.25) is 0 Å². The van der Waals surface area contributed by atoms with Crippen molar-refractivity contribution in [2.24, 2.45) is 0 Å². The number of amides is 3. The molecule has 3 saturated heterocycles. The quantitative estimate of drug-likeness (QED) is 0.755. The summed E-state index contributed by atoms with van der Waals surface area (Å²) in [7, 11) is 0. The van der Waals surface area contributed by atoms with Gasteiger partial charge in [0.05, 0.1) is 0 Å². The molecule has 0 aliphatic carbocycles. The van der Waals surface area contributed by atoms with E-state index in [9.17, 15) is 14.4 Å². The van der Waals surface area contributed by atoms with Crippen molar-refractivity contribution in [1.82, 2.24) is 20.4 Å². The van der Waals surface area contributed by atoms with Crippen molar-refractivity contribution in [1.29, 1.82) is 0 Å². The predicted molar refractivity (Wildman–Crippen MR) is 102 cm³/mol. The van der Waals surface area contributed by atoms with Crippen molar-refractivity contribution in [3.05, 3.63) is 34.9 Å². The first kappa shape index (κ1) is 17.8. The molecule has 0 bridgehead atoms. The van der Waals surface area contributed by atoms with Crippen LogP contribution in [-0.4, -0.2) is 58.7 Å². The fraction of sp³-hybridized carbons (Fsp3) is 0.571. The molecule has 0 aromatic heterocycles. The third-order valence-corrected chi connectivity index (χ3v) is 6.87. The molecule has 0 radical (unpaired) electrons. The van der Waals surface area contributed by atoms with Crippen LogP contribution in [0.5, 0.6) is 0 Å². The van der Waals surface area contributed by atoms with Gasteiger partial charge in [-0.15, -0.1) is 0 Å². The van der Waals surface area contributed by atoms with Crippen molar-refractivity contribution in [2.45, 2.75) is 56.8 Å². The van der Waals surface area contributed by atoms with Crippen LogP contribution in [0.4, 0.5) is 0 Å². The van der Waals surface area contributed by atoms with Gasteiger partial charge in [0.25, 0.3) is 5.91 Å². The summed E-state index contributed by atoms with van der Waals surface area (Å²) in [5.41, 5.74) is 3.13. The minimum Gasteiger partial charge on any atom is -0.322 e. The molecule has 7 heteroatoms. The van der Waals surface area contributed by atoms with Crippen molar-refractivity contribution >= 4 is 17.7 Å². The molecule has 5 rings (SSSR count). The van der Waals surface area contributed by atoms with Gasteiger partial charge in [-0.3, -0.25) is 24.6 Å². The normalized spacial score (nSPS) is 26.9. The van der Waals surface area contributed by atoms with E-state index >= 15 is 0 Å². The van der Waals surface area contributed by atoms with Crippen LogP contribution in [0.1, 0.15) is 53.6 Å². The van der Waals surface area contributed by atoms with Gasteiger partial charge in [0, 0.05) is 43.7 Å². The Balaban J connectivity index is 1.33. The van der Waals surface area contributed by atoms with Crippen LogP contribution in [0.3, 0.4) is 0 Å². The fourth-order valence-electron chi connectivity index (χ4n) is 5.13. The van der Waals surface area contributed by atoms with E-state index in [-0.39, 0.29) is 24.1 Å². The average Bonchev–Trinajstić information content (AvgIpc) is 2.97. The highest BCUT2D eigenvalue weighted by Crippen LogP contribution is 2.34. The van der Waals surface area contributed by atoms with Crippen LogP contribution < -0.4 is 10.6 Å². The lowest BCUT2D eigenvalue weighted by molar-refractivity contribution is -0.136. The molecule has 2 N–H and O–H groups in total. The third-order valence-electron chi connectivity index (χ3n) is 6.87. The number of rotatable bonds is 3. The van der Waals surface area contributed by atoms with Gasteiger partial charge in [-0.25, -0.2) is 0 Å².